The van der Waals surface area contributed by atoms with Gasteiger partial charge in [0.15, 0.2) is 19.7 Å². The third kappa shape index (κ3) is 8.61. The number of pyridine rings is 3. The molecule has 60 heavy (non-hydrogen) atoms. The fourth-order valence-electron chi connectivity index (χ4n) is 7.04. The second-order valence-corrected chi connectivity index (χ2v) is 18.4. The maximum Gasteiger partial charge on any atom is 0.176 e. The van der Waals surface area contributed by atoms with Crippen molar-refractivity contribution in [2.24, 2.45) is 0 Å². The Kier molecular flexibility index (Phi) is 11.8. The summed E-state index contributed by atoms with van der Waals surface area (Å²) in [6.45, 7) is 4.49. The first kappa shape index (κ1) is 42.4. The van der Waals surface area contributed by atoms with Gasteiger partial charge >= 0.3 is 0 Å². The number of rotatable bonds is 7. The monoisotopic (exact) mass is 874 g/mol. The third-order valence-electron chi connectivity index (χ3n) is 9.84. The number of nitrogens with one attached hydrogen (secondary N) is 1. The zero-order chi connectivity index (χ0) is 43.1. The van der Waals surface area contributed by atoms with Crippen LogP contribution in [0.4, 0.5) is 28.9 Å². The molecular weight excluding hydrogens is 840 g/mol. The summed E-state index contributed by atoms with van der Waals surface area (Å²) in [5.41, 5.74) is 5.28. The maximum atomic E-state index is 15.1. The van der Waals surface area contributed by atoms with Crippen LogP contribution in [-0.4, -0.2) is 57.5 Å². The molecule has 0 aliphatic carbocycles. The fourth-order valence-corrected chi connectivity index (χ4v) is 9.09. The summed E-state index contributed by atoms with van der Waals surface area (Å²) >= 11 is 6.25. The molecular formula is C44H35ClF4N4O5S2. The standard InChI is InChI=1S/C27H23F2N3O3S.C17H12ClF2NO2S/c1-16-26(21-5-3-4-6-24(21)36(2,33)34)32-23-13-19(28)12-22(29)25(23)27(16)31-20-11-18(14-30-15-20)17-7-9-35-10-8-17;1-9-16(18)15-12(20)7-10(19)8-13(15)21-17(9)11-5-3-4-6-14(11)24(2,22)23/h3-7,11-15H,8-10H2,1-2H3,(H,31,32);3-8H,1-2H3. The number of nitrogens with zero attached hydrogens (tertiary/aromatic N) is 3. The molecule has 308 valence electrons. The topological polar surface area (TPSA) is 128 Å². The average Bonchev–Trinajstić information content (AvgIpc) is 3.20. The first-order chi connectivity index (χ1) is 28.4. The van der Waals surface area contributed by atoms with Crippen LogP contribution in [0.3, 0.4) is 0 Å². The van der Waals surface area contributed by atoms with Crippen molar-refractivity contribution >= 4 is 70.0 Å². The van der Waals surface area contributed by atoms with Gasteiger partial charge in [-0.2, -0.15) is 0 Å². The molecule has 0 fully saturated rings. The second-order valence-electron chi connectivity index (χ2n) is 14.1. The van der Waals surface area contributed by atoms with Crippen LogP contribution >= 0.6 is 11.6 Å². The van der Waals surface area contributed by atoms with Crippen LogP contribution < -0.4 is 5.32 Å². The third-order valence-corrected chi connectivity index (χ3v) is 12.6. The summed E-state index contributed by atoms with van der Waals surface area (Å²) in [5.74, 6) is -3.15. The molecule has 1 aliphatic rings. The number of ether oxygens (including phenoxy) is 1. The van der Waals surface area contributed by atoms with E-state index in [0.717, 1.165) is 54.3 Å². The predicted molar refractivity (Wildman–Crippen MR) is 226 cm³/mol. The highest BCUT2D eigenvalue weighted by atomic mass is 35.5. The van der Waals surface area contributed by atoms with E-state index in [2.05, 4.69) is 20.3 Å². The largest absolute Gasteiger partial charge is 0.377 e. The lowest BCUT2D eigenvalue weighted by atomic mass is 10.0. The van der Waals surface area contributed by atoms with E-state index in [1.54, 1.807) is 62.6 Å². The summed E-state index contributed by atoms with van der Waals surface area (Å²) < 4.78 is 111. The van der Waals surface area contributed by atoms with Gasteiger partial charge in [0, 0.05) is 54.1 Å². The van der Waals surface area contributed by atoms with E-state index >= 15 is 4.39 Å². The molecule has 3 aromatic heterocycles. The molecule has 0 spiro atoms. The van der Waals surface area contributed by atoms with E-state index in [9.17, 15) is 30.0 Å². The molecule has 0 amide bonds. The molecule has 0 saturated heterocycles. The molecule has 16 heteroatoms. The lowest BCUT2D eigenvalue weighted by molar-refractivity contribution is 0.161. The molecule has 1 N–H and O–H groups in total. The van der Waals surface area contributed by atoms with E-state index < -0.39 is 42.9 Å². The zero-order valence-corrected chi connectivity index (χ0v) is 34.8. The highest BCUT2D eigenvalue weighted by Crippen LogP contribution is 2.40. The summed E-state index contributed by atoms with van der Waals surface area (Å²) in [6.07, 6.45) is 8.32. The molecule has 0 unspecified atom stereocenters. The van der Waals surface area contributed by atoms with Crippen molar-refractivity contribution in [1.29, 1.82) is 0 Å². The number of hydrogen-bond donors (Lipinski definition) is 1. The van der Waals surface area contributed by atoms with E-state index in [-0.39, 0.29) is 42.3 Å². The number of anilines is 2. The normalized spacial score (nSPS) is 13.2. The highest BCUT2D eigenvalue weighted by Gasteiger charge is 2.24. The van der Waals surface area contributed by atoms with Gasteiger partial charge in [0.1, 0.15) is 23.3 Å². The van der Waals surface area contributed by atoms with Crippen molar-refractivity contribution in [3.05, 3.63) is 142 Å². The van der Waals surface area contributed by atoms with Crippen LogP contribution in [0, 0.1) is 37.1 Å². The van der Waals surface area contributed by atoms with Crippen molar-refractivity contribution in [3.8, 4) is 22.5 Å². The van der Waals surface area contributed by atoms with Crippen LogP contribution in [-0.2, 0) is 24.4 Å². The van der Waals surface area contributed by atoms with Gasteiger partial charge in [0.05, 0.1) is 78.8 Å². The van der Waals surface area contributed by atoms with Gasteiger partial charge in [0.25, 0.3) is 0 Å². The van der Waals surface area contributed by atoms with Crippen LogP contribution in [0.25, 0.3) is 49.9 Å². The van der Waals surface area contributed by atoms with Crippen molar-refractivity contribution in [2.45, 2.75) is 30.1 Å². The Labute approximate surface area is 348 Å². The summed E-state index contributed by atoms with van der Waals surface area (Å²) in [7, 11) is -7.10. The summed E-state index contributed by atoms with van der Waals surface area (Å²) in [4.78, 5) is 13.3. The quantitative estimate of drug-likeness (QED) is 0.156. The van der Waals surface area contributed by atoms with Gasteiger partial charge in [-0.1, -0.05) is 54.1 Å². The van der Waals surface area contributed by atoms with Crippen molar-refractivity contribution in [2.75, 3.05) is 31.0 Å². The van der Waals surface area contributed by atoms with Gasteiger partial charge in [-0.15, -0.1) is 0 Å². The summed E-state index contributed by atoms with van der Waals surface area (Å²) in [6, 6.07) is 18.4. The van der Waals surface area contributed by atoms with Gasteiger partial charge in [-0.25, -0.2) is 44.4 Å². The Morgan fingerprint density at radius 1 is 0.700 bits per heavy atom. The second kappa shape index (κ2) is 16.7. The fraction of sp³-hybridized carbons (Fsp3) is 0.159. The van der Waals surface area contributed by atoms with E-state index in [0.29, 0.717) is 52.5 Å². The van der Waals surface area contributed by atoms with Crippen molar-refractivity contribution in [3.63, 3.8) is 0 Å². The Morgan fingerprint density at radius 2 is 1.23 bits per heavy atom. The van der Waals surface area contributed by atoms with Gasteiger partial charge < -0.3 is 10.1 Å². The predicted octanol–water partition coefficient (Wildman–Crippen LogP) is 10.4. The van der Waals surface area contributed by atoms with Crippen LogP contribution in [0.5, 0.6) is 0 Å². The van der Waals surface area contributed by atoms with E-state index in [1.807, 2.05) is 12.1 Å². The molecule has 4 aromatic carbocycles. The molecule has 8 rings (SSSR count). The van der Waals surface area contributed by atoms with Gasteiger partial charge in [-0.05, 0) is 60.7 Å². The number of benzene rings is 4. The Balaban J connectivity index is 0.000000197. The lowest BCUT2D eigenvalue weighted by Gasteiger charge is -2.19. The van der Waals surface area contributed by atoms with Crippen LogP contribution in [0.1, 0.15) is 23.1 Å². The molecule has 9 nitrogen and oxygen atoms in total. The Morgan fingerprint density at radius 3 is 1.78 bits per heavy atom. The van der Waals surface area contributed by atoms with Gasteiger partial charge in [0.2, 0.25) is 0 Å². The van der Waals surface area contributed by atoms with Crippen molar-refractivity contribution in [1.82, 2.24) is 15.0 Å². The number of fused-ring (bicyclic) bond motifs is 2. The molecule has 4 heterocycles. The minimum atomic E-state index is -3.59. The smallest absolute Gasteiger partial charge is 0.176 e. The molecule has 0 bridgehead atoms. The van der Waals surface area contributed by atoms with Gasteiger partial charge in [-0.3, -0.25) is 4.98 Å². The maximum absolute atomic E-state index is 15.1. The number of hydrogen-bond acceptors (Lipinski definition) is 9. The van der Waals surface area contributed by atoms with Crippen LogP contribution in [0.2, 0.25) is 5.02 Å². The first-order valence-corrected chi connectivity index (χ1v) is 22.4. The minimum Gasteiger partial charge on any atom is -0.377 e. The first-order valence-electron chi connectivity index (χ1n) is 18.2. The van der Waals surface area contributed by atoms with E-state index in [4.69, 9.17) is 16.3 Å². The Bertz CT molecular complexity index is 3130. The molecule has 0 atom stereocenters. The lowest BCUT2D eigenvalue weighted by Crippen LogP contribution is -2.06. The number of halogens is 5. The minimum absolute atomic E-state index is 0.0103. The molecule has 7 aromatic rings. The molecule has 0 saturated carbocycles. The van der Waals surface area contributed by atoms with Crippen molar-refractivity contribution < 1.29 is 39.1 Å². The molecule has 0 radical (unpaired) electrons. The number of aromatic nitrogens is 3. The SMILES string of the molecule is Cc1c(-c2ccccc2S(C)(=O)=O)nc2cc(F)cc(F)c2c1Cl.Cc1c(-c2ccccc2S(C)(=O)=O)nc2cc(F)cc(F)c2c1Nc1cncc(C2=CCOCC2)c1. The van der Waals surface area contributed by atoms with E-state index in [1.165, 1.54) is 12.1 Å². The molecule has 1 aliphatic heterocycles. The zero-order valence-electron chi connectivity index (χ0n) is 32.4. The Hall–Kier alpha value is -5.74. The highest BCUT2D eigenvalue weighted by molar-refractivity contribution is 7.91. The average molecular weight is 875 g/mol. The van der Waals surface area contributed by atoms with Crippen LogP contribution in [0.15, 0.2) is 107 Å². The number of sulfone groups is 2. The summed E-state index contributed by atoms with van der Waals surface area (Å²) in [5, 5.41) is 3.44.